The molecule has 0 spiro atoms. The number of carbonyl (C=O) groups is 2. The van der Waals surface area contributed by atoms with Crippen molar-refractivity contribution in [3.8, 4) is 0 Å². The van der Waals surface area contributed by atoms with Gasteiger partial charge in [-0.25, -0.2) is 4.79 Å². The Kier molecular flexibility index (Phi) is 5.34. The van der Waals surface area contributed by atoms with E-state index in [-0.39, 0.29) is 43.0 Å². The Labute approximate surface area is 135 Å². The van der Waals surface area contributed by atoms with Gasteiger partial charge in [-0.05, 0) is 12.8 Å². The van der Waals surface area contributed by atoms with Crippen LogP contribution in [0.25, 0.3) is 0 Å². The van der Waals surface area contributed by atoms with Gasteiger partial charge in [-0.15, -0.1) is 0 Å². The predicted molar refractivity (Wildman–Crippen MR) is 80.7 cm³/mol. The zero-order valence-corrected chi connectivity index (χ0v) is 13.2. The van der Waals surface area contributed by atoms with E-state index in [2.05, 4.69) is 10.6 Å². The van der Waals surface area contributed by atoms with Crippen molar-refractivity contribution in [2.45, 2.75) is 62.5 Å². The second-order valence-corrected chi connectivity index (χ2v) is 6.47. The number of carbonyl (C=O) groups excluding carboxylic acids is 2. The van der Waals surface area contributed by atoms with E-state index < -0.39 is 5.91 Å². The molecule has 0 bridgehead atoms. The highest BCUT2D eigenvalue weighted by molar-refractivity contribution is 5.75. The van der Waals surface area contributed by atoms with Crippen LogP contribution >= 0.6 is 0 Å². The summed E-state index contributed by atoms with van der Waals surface area (Å²) in [5.74, 6) is -0.520. The Morgan fingerprint density at radius 3 is 2.52 bits per heavy atom. The van der Waals surface area contributed by atoms with Crippen LogP contribution in [0.3, 0.4) is 0 Å². The van der Waals surface area contributed by atoms with Gasteiger partial charge in [-0.3, -0.25) is 4.79 Å². The molecule has 0 unspecified atom stereocenters. The molecule has 8 nitrogen and oxygen atoms in total. The second-order valence-electron chi connectivity index (χ2n) is 6.47. The molecule has 0 aromatic heterocycles. The van der Waals surface area contributed by atoms with E-state index in [1.165, 1.54) is 19.3 Å². The van der Waals surface area contributed by atoms with Crippen LogP contribution in [0.15, 0.2) is 0 Å². The smallest absolute Gasteiger partial charge is 0.315 e. The van der Waals surface area contributed by atoms with E-state index in [1.54, 1.807) is 0 Å². The zero-order chi connectivity index (χ0) is 16.2. The third-order valence-corrected chi connectivity index (χ3v) is 4.70. The van der Waals surface area contributed by atoms with E-state index in [4.69, 9.17) is 19.9 Å². The quantitative estimate of drug-likeness (QED) is 0.639. The van der Waals surface area contributed by atoms with Gasteiger partial charge in [0.15, 0.2) is 0 Å². The zero-order valence-electron chi connectivity index (χ0n) is 13.2. The van der Waals surface area contributed by atoms with Crippen molar-refractivity contribution >= 4 is 11.9 Å². The molecule has 2 heterocycles. The Morgan fingerprint density at radius 1 is 1.04 bits per heavy atom. The van der Waals surface area contributed by atoms with E-state index in [0.29, 0.717) is 13.2 Å². The van der Waals surface area contributed by atoms with Gasteiger partial charge in [0.1, 0.15) is 24.9 Å². The van der Waals surface area contributed by atoms with Gasteiger partial charge < -0.3 is 30.6 Å². The average Bonchev–Trinajstić information content (AvgIpc) is 3.09. The minimum absolute atomic E-state index is 0.152. The number of rotatable bonds is 5. The molecular weight excluding hydrogens is 302 g/mol. The normalized spacial score (nSPS) is 34.1. The van der Waals surface area contributed by atoms with Crippen LogP contribution < -0.4 is 16.4 Å². The lowest BCUT2D eigenvalue weighted by molar-refractivity contribution is -0.126. The molecule has 0 aromatic rings. The molecule has 3 amide bonds. The van der Waals surface area contributed by atoms with Crippen LogP contribution in [-0.4, -0.2) is 62.2 Å². The molecule has 23 heavy (non-hydrogen) atoms. The summed E-state index contributed by atoms with van der Waals surface area (Å²) in [5, 5.41) is 5.96. The Balaban J connectivity index is 1.45. The van der Waals surface area contributed by atoms with E-state index in [1.807, 2.05) is 0 Å². The van der Waals surface area contributed by atoms with Crippen LogP contribution in [0.1, 0.15) is 32.1 Å². The number of nitrogens with one attached hydrogen (secondary N) is 2. The third kappa shape index (κ3) is 4.13. The summed E-state index contributed by atoms with van der Waals surface area (Å²) in [6.45, 7) is 0.565. The highest BCUT2D eigenvalue weighted by Gasteiger charge is 2.48. The molecule has 2 aliphatic heterocycles. The summed E-state index contributed by atoms with van der Waals surface area (Å²) < 4.78 is 16.8. The lowest BCUT2D eigenvalue weighted by Crippen LogP contribution is -2.51. The summed E-state index contributed by atoms with van der Waals surface area (Å²) in [7, 11) is 0. The van der Waals surface area contributed by atoms with Crippen LogP contribution in [0.4, 0.5) is 4.79 Å². The lowest BCUT2D eigenvalue weighted by Gasteiger charge is -2.24. The molecule has 1 saturated carbocycles. The molecule has 3 aliphatic rings. The van der Waals surface area contributed by atoms with Gasteiger partial charge >= 0.3 is 6.03 Å². The monoisotopic (exact) mass is 327 g/mol. The summed E-state index contributed by atoms with van der Waals surface area (Å²) in [6, 6.07) is -0.111. The third-order valence-electron chi connectivity index (χ3n) is 4.70. The number of nitrogens with two attached hydrogens (primary N) is 1. The molecule has 2 saturated heterocycles. The number of hydrogen-bond donors (Lipinski definition) is 3. The first-order valence-electron chi connectivity index (χ1n) is 8.33. The number of amides is 3. The van der Waals surface area contributed by atoms with Crippen LogP contribution in [-0.2, 0) is 19.0 Å². The molecule has 3 fully saturated rings. The molecule has 0 aromatic carbocycles. The number of primary amides is 1. The largest absolute Gasteiger partial charge is 0.370 e. The SMILES string of the molecule is NC(=O)CO[C@@H]1CO[C@H]2[C@@H]1OC[C@@H]2NC(=O)NC1CCCCC1. The van der Waals surface area contributed by atoms with Gasteiger partial charge in [-0.2, -0.15) is 0 Å². The van der Waals surface area contributed by atoms with E-state index in [9.17, 15) is 9.59 Å². The Bertz CT molecular complexity index is 441. The fraction of sp³-hybridized carbons (Fsp3) is 0.867. The van der Waals surface area contributed by atoms with Crippen molar-refractivity contribution in [3.63, 3.8) is 0 Å². The van der Waals surface area contributed by atoms with Crippen LogP contribution in [0.2, 0.25) is 0 Å². The summed E-state index contributed by atoms with van der Waals surface area (Å²) >= 11 is 0. The standard InChI is InChI=1S/C15H25N3O5/c16-12(19)8-21-11-7-23-13-10(6-22-14(11)13)18-15(20)17-9-4-2-1-3-5-9/h9-11,13-14H,1-8H2,(H2,16,19)(H2,17,18,20)/t10-,11+,13+,14+/m0/s1. The molecule has 4 atom stereocenters. The fourth-order valence-electron chi connectivity index (χ4n) is 3.56. The van der Waals surface area contributed by atoms with Crippen molar-refractivity contribution in [2.24, 2.45) is 5.73 Å². The molecule has 4 N–H and O–H groups in total. The van der Waals surface area contributed by atoms with Crippen LogP contribution in [0.5, 0.6) is 0 Å². The van der Waals surface area contributed by atoms with Gasteiger partial charge in [0, 0.05) is 6.04 Å². The Hall–Kier alpha value is -1.38. The average molecular weight is 327 g/mol. The molecule has 8 heteroatoms. The highest BCUT2D eigenvalue weighted by atomic mass is 16.6. The van der Waals surface area contributed by atoms with Gasteiger partial charge in [0.2, 0.25) is 5.91 Å². The molecule has 130 valence electrons. The van der Waals surface area contributed by atoms with Crippen molar-refractivity contribution in [2.75, 3.05) is 19.8 Å². The summed E-state index contributed by atoms with van der Waals surface area (Å²) in [4.78, 5) is 22.9. The summed E-state index contributed by atoms with van der Waals surface area (Å²) in [6.07, 6.45) is 4.84. The fourth-order valence-corrected chi connectivity index (χ4v) is 3.56. The number of urea groups is 1. The first-order chi connectivity index (χ1) is 11.1. The first kappa shape index (κ1) is 16.5. The maximum Gasteiger partial charge on any atom is 0.315 e. The second kappa shape index (κ2) is 7.46. The van der Waals surface area contributed by atoms with Crippen molar-refractivity contribution in [3.05, 3.63) is 0 Å². The van der Waals surface area contributed by atoms with E-state index in [0.717, 1.165) is 12.8 Å². The van der Waals surface area contributed by atoms with Gasteiger partial charge in [0.25, 0.3) is 0 Å². The number of fused-ring (bicyclic) bond motifs is 1. The summed E-state index contributed by atoms with van der Waals surface area (Å²) in [5.41, 5.74) is 5.08. The topological polar surface area (TPSA) is 112 Å². The molecule has 3 rings (SSSR count). The maximum atomic E-state index is 12.1. The van der Waals surface area contributed by atoms with Crippen molar-refractivity contribution in [1.29, 1.82) is 0 Å². The van der Waals surface area contributed by atoms with Crippen molar-refractivity contribution in [1.82, 2.24) is 10.6 Å². The molecule has 0 radical (unpaired) electrons. The predicted octanol–water partition coefficient (Wildman–Crippen LogP) is -0.345. The number of hydrogen-bond acceptors (Lipinski definition) is 5. The minimum atomic E-state index is -0.520. The number of ether oxygens (including phenoxy) is 3. The first-order valence-corrected chi connectivity index (χ1v) is 8.33. The van der Waals surface area contributed by atoms with Crippen LogP contribution in [0, 0.1) is 0 Å². The minimum Gasteiger partial charge on any atom is -0.370 e. The maximum absolute atomic E-state index is 12.1. The Morgan fingerprint density at radius 2 is 1.78 bits per heavy atom. The van der Waals surface area contributed by atoms with Crippen molar-refractivity contribution < 1.29 is 23.8 Å². The van der Waals surface area contributed by atoms with E-state index >= 15 is 0 Å². The van der Waals surface area contributed by atoms with Gasteiger partial charge in [-0.1, -0.05) is 19.3 Å². The highest BCUT2D eigenvalue weighted by Crippen LogP contribution is 2.28. The molecule has 1 aliphatic carbocycles. The van der Waals surface area contributed by atoms with Gasteiger partial charge in [0.05, 0.1) is 19.3 Å². The molecular formula is C15H25N3O5. The lowest BCUT2D eigenvalue weighted by atomic mass is 9.96.